The van der Waals surface area contributed by atoms with E-state index in [1.165, 1.54) is 121 Å². The van der Waals surface area contributed by atoms with Crippen molar-refractivity contribution < 1.29 is 52.2 Å². The number of allylic oxidation sites excluding steroid dienone is 4. The number of nitrogens with one attached hydrogen (secondary N) is 1. The lowest BCUT2D eigenvalue weighted by molar-refractivity contribution is -0.343. The molecule has 4 saturated heterocycles. The largest absolute Gasteiger partial charge is 0.372 e. The third-order valence-corrected chi connectivity index (χ3v) is 22.7. The molecule has 0 saturated carbocycles. The zero-order valence-electron chi connectivity index (χ0n) is 67.0. The van der Waals surface area contributed by atoms with Gasteiger partial charge in [-0.15, -0.1) is 0 Å². The van der Waals surface area contributed by atoms with Crippen molar-refractivity contribution in [3.8, 4) is 0 Å². The zero-order valence-corrected chi connectivity index (χ0v) is 67.0. The molecular weight excluding hydrogens is 1360 g/mol. The van der Waals surface area contributed by atoms with E-state index in [1.54, 1.807) is 0 Å². The molecule has 0 bridgehead atoms. The van der Waals surface area contributed by atoms with Crippen molar-refractivity contribution in [1.82, 2.24) is 5.32 Å². The fraction of sp³-hybridized carbons (Fsp3) is 0.635. The van der Waals surface area contributed by atoms with Gasteiger partial charge in [-0.1, -0.05) is 355 Å². The van der Waals surface area contributed by atoms with E-state index >= 15 is 0 Å². The second kappa shape index (κ2) is 54.4. The van der Waals surface area contributed by atoms with Crippen LogP contribution in [0.15, 0.2) is 176 Å². The normalized spacial score (nSPS) is 24.2. The fourth-order valence-electron chi connectivity index (χ4n) is 15.5. The van der Waals surface area contributed by atoms with Crippen molar-refractivity contribution in [2.45, 2.75) is 331 Å². The number of nitrogens with two attached hydrogens (primary N) is 1. The van der Waals surface area contributed by atoms with E-state index in [0.717, 1.165) is 73.6 Å². The summed E-state index contributed by atoms with van der Waals surface area (Å²) < 4.78 is 64.8. The van der Waals surface area contributed by atoms with E-state index in [2.05, 4.69) is 140 Å². The first-order chi connectivity index (χ1) is 52.4. The molecule has 4 fully saturated rings. The Morgan fingerprint density at radius 1 is 0.450 bits per heavy atom. The lowest BCUT2D eigenvalue weighted by Gasteiger charge is -2.48. The first-order valence-corrected chi connectivity index (χ1v) is 42.3. The Morgan fingerprint density at radius 2 is 0.826 bits per heavy atom. The van der Waals surface area contributed by atoms with Gasteiger partial charge in [-0.3, -0.25) is 4.79 Å². The van der Waals surface area contributed by atoms with Gasteiger partial charge in [0.15, 0.2) is 25.2 Å². The van der Waals surface area contributed by atoms with Crippen LogP contribution in [0.25, 0.3) is 0 Å². The van der Waals surface area contributed by atoms with Crippen LogP contribution in [0.5, 0.6) is 0 Å². The van der Waals surface area contributed by atoms with E-state index in [9.17, 15) is 4.79 Å². The number of carbonyl (C=O) groups excluding carboxylic acids is 1. The van der Waals surface area contributed by atoms with Crippen LogP contribution in [0.3, 0.4) is 0 Å². The van der Waals surface area contributed by atoms with Crippen LogP contribution in [0.1, 0.15) is 278 Å². The Hall–Kier alpha value is -5.39. The molecule has 5 aromatic carbocycles. The highest BCUT2D eigenvalue weighted by molar-refractivity contribution is 5.76. The van der Waals surface area contributed by atoms with Gasteiger partial charge in [0.2, 0.25) is 5.91 Å². The maximum Gasteiger partial charge on any atom is 0.220 e. The summed E-state index contributed by atoms with van der Waals surface area (Å²) in [6.45, 7) is 20.4. The van der Waals surface area contributed by atoms with Gasteiger partial charge in [-0.05, 0) is 98.1 Å². The van der Waals surface area contributed by atoms with Gasteiger partial charge in [-0.2, -0.15) is 0 Å². The lowest BCUT2D eigenvalue weighted by atomic mass is 9.84. The topological polar surface area (TPSA) is 147 Å². The molecule has 13 heteroatoms. The molecule has 0 aliphatic carbocycles. The van der Waals surface area contributed by atoms with Crippen molar-refractivity contribution in [2.75, 3.05) is 26.4 Å². The van der Waals surface area contributed by atoms with Crippen molar-refractivity contribution in [3.63, 3.8) is 0 Å². The van der Waals surface area contributed by atoms with E-state index in [4.69, 9.17) is 53.1 Å². The number of benzene rings is 5. The van der Waals surface area contributed by atoms with Crippen LogP contribution >= 0.6 is 0 Å². The number of hydrogen-bond donors (Lipinski definition) is 2. The van der Waals surface area contributed by atoms with Crippen molar-refractivity contribution in [3.05, 3.63) is 204 Å². The third-order valence-electron chi connectivity index (χ3n) is 22.7. The number of hydrogen-bond acceptors (Lipinski definition) is 12. The SMILES string of the molecule is C.C.CCCCCCCCCCCC=CC[C@@H](C)[C@@H](OCc1ccccc1)[C@@H](N)CO[C@H]1OC2COC(c3ccccc3)O[C@@H]2[C@H](C)C1C.CCCCCCCCCCCC=CC[C@@H](C)[C@@H](OCc1ccccc1)[C@H](CO[C@H]1OC2COC(c3ccccc3)O[C@@H]2[C@H](C)C1C)NC(=O)CCCCCc1ccccc1. The molecule has 18 atom stereocenters. The standard InChI is InChI=1S/C53H77NO6.C41H63NO5.2CH4/c1-5-6-7-8-9-10-11-12-13-14-15-20-29-41(2)50(56-38-45-33-24-17-25-34-45)47(54-49(55)37-28-18-23-32-44-30-21-16-22-31-44)39-57-52-43(4)42(3)51-48(59-52)40-58-53(60-51)46-35-26-19-27-36-46;1-5-6-7-8-9-10-11-12-13-14-15-18-23-31(2)38(43-28-34-24-19-16-20-25-34)36(42)29-44-40-33(4)32(3)39-37(46-40)30-45-41(47-39)35-26-21-17-22-27-35;;/h15-17,19-22,24-27,30-31,33-36,41-43,47-48,50-53H,5-14,18,23,28-29,32,37-40H2,1-4H3,(H,54,55);15-22,24-27,31-33,36-41H,5-14,23,28-30,42H2,1-4H3;2*1H4/t41-,42-,43?,47+,48?,50-,51-,52+,53?;31-,32-,33?,36+,37?,38-,39-,40+,41?;;/m11../s1. The molecule has 5 aromatic rings. The number of fused-ring (bicyclic) bond motifs is 2. The van der Waals surface area contributed by atoms with Crippen molar-refractivity contribution in [1.29, 1.82) is 0 Å². The van der Waals surface area contributed by atoms with E-state index in [1.807, 2.05) is 97.1 Å². The molecule has 109 heavy (non-hydrogen) atoms. The minimum Gasteiger partial charge on any atom is -0.372 e. The minimum atomic E-state index is -0.472. The van der Waals surface area contributed by atoms with Gasteiger partial charge in [0.1, 0.15) is 12.2 Å². The maximum absolute atomic E-state index is 13.8. The Morgan fingerprint density at radius 3 is 1.27 bits per heavy atom. The molecule has 6 unspecified atom stereocenters. The quantitative estimate of drug-likeness (QED) is 0.0282. The number of amides is 1. The Kier molecular flexibility index (Phi) is 46.1. The number of unbranched alkanes of at least 4 members (excludes halogenated alkanes) is 20. The highest BCUT2D eigenvalue weighted by Crippen LogP contribution is 2.42. The predicted molar refractivity (Wildman–Crippen MR) is 447 cm³/mol. The maximum atomic E-state index is 13.8. The first kappa shape index (κ1) is 92.5. The molecule has 4 aliphatic heterocycles. The van der Waals surface area contributed by atoms with Crippen molar-refractivity contribution >= 4 is 5.91 Å². The van der Waals surface area contributed by atoms with E-state index in [0.29, 0.717) is 39.5 Å². The molecule has 9 rings (SSSR count). The highest BCUT2D eigenvalue weighted by atomic mass is 16.8. The number of ether oxygens (including phenoxy) is 10. The zero-order chi connectivity index (χ0) is 75.5. The second-order valence-corrected chi connectivity index (χ2v) is 31.6. The second-order valence-electron chi connectivity index (χ2n) is 31.6. The average molecular weight is 1510 g/mol. The Balaban J connectivity index is 0.000000344. The summed E-state index contributed by atoms with van der Waals surface area (Å²) in [5.74, 6) is 1.04. The van der Waals surface area contributed by atoms with Gasteiger partial charge in [0.25, 0.3) is 0 Å². The molecule has 13 nitrogen and oxygen atoms in total. The lowest BCUT2D eigenvalue weighted by Crippen LogP contribution is -2.57. The molecule has 4 heterocycles. The van der Waals surface area contributed by atoms with Gasteiger partial charge in [-0.25, -0.2) is 0 Å². The van der Waals surface area contributed by atoms with Gasteiger partial charge >= 0.3 is 0 Å². The molecule has 608 valence electrons. The van der Waals surface area contributed by atoms with Crippen LogP contribution in [-0.2, 0) is 71.8 Å². The highest BCUT2D eigenvalue weighted by Gasteiger charge is 2.49. The average Bonchev–Trinajstić information content (AvgIpc) is 0.789. The number of aryl methyl sites for hydroxylation is 1. The summed E-state index contributed by atoms with van der Waals surface area (Å²) in [6.07, 6.45) is 39.4. The van der Waals surface area contributed by atoms with Gasteiger partial charge < -0.3 is 58.4 Å². The predicted octanol–water partition coefficient (Wildman–Crippen LogP) is 23.3. The monoisotopic (exact) mass is 1510 g/mol. The first-order valence-electron chi connectivity index (χ1n) is 42.3. The molecular formula is C96H148N2O11. The molecule has 0 spiro atoms. The number of rotatable bonds is 49. The van der Waals surface area contributed by atoms with Crippen LogP contribution < -0.4 is 11.1 Å². The summed E-state index contributed by atoms with van der Waals surface area (Å²) in [4.78, 5) is 13.8. The van der Waals surface area contributed by atoms with Crippen LogP contribution in [0.2, 0.25) is 0 Å². The van der Waals surface area contributed by atoms with Crippen LogP contribution in [0, 0.1) is 35.5 Å². The van der Waals surface area contributed by atoms with Gasteiger partial charge in [0, 0.05) is 29.4 Å². The molecule has 1 amide bonds. The summed E-state index contributed by atoms with van der Waals surface area (Å²) >= 11 is 0. The summed E-state index contributed by atoms with van der Waals surface area (Å²) in [5, 5.41) is 3.42. The minimum absolute atomic E-state index is 0. The molecule has 0 aromatic heterocycles. The van der Waals surface area contributed by atoms with Crippen LogP contribution in [-0.4, -0.2) is 93.6 Å². The van der Waals surface area contributed by atoms with E-state index in [-0.39, 0.29) is 124 Å². The third kappa shape index (κ3) is 33.3. The summed E-state index contributed by atoms with van der Waals surface area (Å²) in [7, 11) is 0. The van der Waals surface area contributed by atoms with Crippen LogP contribution in [0.4, 0.5) is 0 Å². The molecule has 3 N–H and O–H groups in total. The molecule has 0 radical (unpaired) electrons. The fourth-order valence-corrected chi connectivity index (χ4v) is 15.5. The summed E-state index contributed by atoms with van der Waals surface area (Å²) in [5.41, 5.74) is 12.5. The van der Waals surface area contributed by atoms with Crippen molar-refractivity contribution in [2.24, 2.45) is 41.2 Å². The summed E-state index contributed by atoms with van der Waals surface area (Å²) in [6, 6.07) is 50.8. The van der Waals surface area contributed by atoms with Gasteiger partial charge in [0.05, 0.1) is 76.1 Å². The molecule has 4 aliphatic rings. The van der Waals surface area contributed by atoms with E-state index < -0.39 is 12.6 Å². The Labute approximate surface area is 662 Å². The number of carbonyl (C=O) groups is 1. The Bertz CT molecular complexity index is 3110. The smallest absolute Gasteiger partial charge is 0.220 e.